The van der Waals surface area contributed by atoms with Crippen LogP contribution in [0.15, 0.2) is 71.3 Å². The second-order valence-corrected chi connectivity index (χ2v) is 7.99. The molecule has 0 aliphatic carbocycles. The van der Waals surface area contributed by atoms with Crippen LogP contribution in [0.1, 0.15) is 16.1 Å². The Morgan fingerprint density at radius 1 is 1.06 bits per heavy atom. The fourth-order valence-electron chi connectivity index (χ4n) is 3.43. The number of carbonyl (C=O) groups is 1. The van der Waals surface area contributed by atoms with E-state index in [0.29, 0.717) is 48.4 Å². The maximum Gasteiger partial charge on any atom is 0.269 e. The molecule has 4 aromatic rings. The van der Waals surface area contributed by atoms with Gasteiger partial charge in [-0.25, -0.2) is 9.97 Å². The van der Waals surface area contributed by atoms with Crippen LogP contribution in [0.3, 0.4) is 0 Å². The monoisotopic (exact) mass is 475 g/mol. The van der Waals surface area contributed by atoms with Crippen molar-refractivity contribution in [3.8, 4) is 28.5 Å². The lowest BCUT2D eigenvalue weighted by Gasteiger charge is -2.13. The number of ether oxygens (including phenoxy) is 1. The van der Waals surface area contributed by atoms with Crippen molar-refractivity contribution in [2.24, 2.45) is 0 Å². The first-order valence-electron chi connectivity index (χ1n) is 9.83. The second-order valence-electron chi connectivity index (χ2n) is 7.07. The SMILES string of the molecule is O=C1NCCn2nc(-c3ccnc(-c4cc(Br)ccc4OCc4ccccc4)n3)cc21. The van der Waals surface area contributed by atoms with Crippen LogP contribution in [0, 0.1) is 0 Å². The Hall–Kier alpha value is -3.52. The number of nitrogens with one attached hydrogen (secondary N) is 1. The Morgan fingerprint density at radius 3 is 2.77 bits per heavy atom. The van der Waals surface area contributed by atoms with Crippen molar-refractivity contribution in [2.45, 2.75) is 13.2 Å². The molecule has 0 unspecified atom stereocenters. The molecular weight excluding hydrogens is 458 g/mol. The van der Waals surface area contributed by atoms with E-state index in [1.54, 1.807) is 23.0 Å². The molecule has 0 fully saturated rings. The highest BCUT2D eigenvalue weighted by molar-refractivity contribution is 9.10. The summed E-state index contributed by atoms with van der Waals surface area (Å²) >= 11 is 3.53. The molecule has 1 N–H and O–H groups in total. The number of aromatic nitrogens is 4. The molecule has 8 heteroatoms. The normalized spacial score (nSPS) is 12.9. The van der Waals surface area contributed by atoms with Gasteiger partial charge < -0.3 is 10.1 Å². The van der Waals surface area contributed by atoms with Gasteiger partial charge in [-0.1, -0.05) is 46.3 Å². The quantitative estimate of drug-likeness (QED) is 0.469. The Bertz CT molecular complexity index is 1260. The summed E-state index contributed by atoms with van der Waals surface area (Å²) in [5, 5.41) is 7.37. The minimum atomic E-state index is -0.122. The van der Waals surface area contributed by atoms with Crippen molar-refractivity contribution in [3.63, 3.8) is 0 Å². The van der Waals surface area contributed by atoms with Crippen LogP contribution in [0.5, 0.6) is 5.75 Å². The van der Waals surface area contributed by atoms with Gasteiger partial charge in [-0.3, -0.25) is 9.48 Å². The number of nitrogens with zero attached hydrogens (tertiary/aromatic N) is 4. The zero-order valence-electron chi connectivity index (χ0n) is 16.5. The predicted octanol–water partition coefficient (Wildman–Crippen LogP) is 4.09. The lowest BCUT2D eigenvalue weighted by atomic mass is 10.1. The summed E-state index contributed by atoms with van der Waals surface area (Å²) < 4.78 is 8.70. The first-order chi connectivity index (χ1) is 15.2. The summed E-state index contributed by atoms with van der Waals surface area (Å²) in [7, 11) is 0. The van der Waals surface area contributed by atoms with E-state index in [-0.39, 0.29) is 5.91 Å². The number of fused-ring (bicyclic) bond motifs is 1. The average Bonchev–Trinajstić information content (AvgIpc) is 3.25. The fraction of sp³-hybridized carbons (Fsp3) is 0.130. The largest absolute Gasteiger partial charge is 0.488 e. The van der Waals surface area contributed by atoms with E-state index < -0.39 is 0 Å². The Morgan fingerprint density at radius 2 is 1.94 bits per heavy atom. The highest BCUT2D eigenvalue weighted by atomic mass is 79.9. The molecule has 0 saturated heterocycles. The Balaban J connectivity index is 1.48. The van der Waals surface area contributed by atoms with Crippen LogP contribution >= 0.6 is 15.9 Å². The van der Waals surface area contributed by atoms with Gasteiger partial charge in [-0.05, 0) is 35.9 Å². The lowest BCUT2D eigenvalue weighted by molar-refractivity contribution is 0.0924. The molecule has 0 atom stereocenters. The number of benzene rings is 2. The maximum absolute atomic E-state index is 12.1. The molecule has 31 heavy (non-hydrogen) atoms. The molecule has 0 spiro atoms. The zero-order chi connectivity index (χ0) is 21.2. The van der Waals surface area contributed by atoms with Crippen LogP contribution in [0.25, 0.3) is 22.8 Å². The minimum absolute atomic E-state index is 0.122. The van der Waals surface area contributed by atoms with Crippen molar-refractivity contribution in [1.82, 2.24) is 25.1 Å². The smallest absolute Gasteiger partial charge is 0.269 e. The third kappa shape index (κ3) is 4.06. The van der Waals surface area contributed by atoms with Gasteiger partial charge in [-0.2, -0.15) is 5.10 Å². The Labute approximate surface area is 187 Å². The average molecular weight is 476 g/mol. The summed E-state index contributed by atoms with van der Waals surface area (Å²) in [6.07, 6.45) is 1.69. The van der Waals surface area contributed by atoms with E-state index in [2.05, 4.69) is 31.3 Å². The van der Waals surface area contributed by atoms with Gasteiger partial charge in [0.05, 0.1) is 17.8 Å². The molecule has 1 aliphatic heterocycles. The van der Waals surface area contributed by atoms with Crippen molar-refractivity contribution >= 4 is 21.8 Å². The highest BCUT2D eigenvalue weighted by Gasteiger charge is 2.21. The van der Waals surface area contributed by atoms with E-state index in [4.69, 9.17) is 9.72 Å². The van der Waals surface area contributed by atoms with E-state index in [9.17, 15) is 4.79 Å². The summed E-state index contributed by atoms with van der Waals surface area (Å²) in [5.41, 5.74) is 3.67. The fourth-order valence-corrected chi connectivity index (χ4v) is 3.79. The molecule has 3 heterocycles. The van der Waals surface area contributed by atoms with E-state index in [1.807, 2.05) is 48.5 Å². The molecule has 154 valence electrons. The predicted molar refractivity (Wildman–Crippen MR) is 119 cm³/mol. The summed E-state index contributed by atoms with van der Waals surface area (Å²) in [6.45, 7) is 1.66. The Kier molecular flexibility index (Phi) is 5.21. The molecule has 0 radical (unpaired) electrons. The van der Waals surface area contributed by atoms with Gasteiger partial charge in [-0.15, -0.1) is 0 Å². The summed E-state index contributed by atoms with van der Waals surface area (Å²) in [5.74, 6) is 1.09. The number of carbonyl (C=O) groups excluding carboxylic acids is 1. The number of rotatable bonds is 5. The highest BCUT2D eigenvalue weighted by Crippen LogP contribution is 2.32. The van der Waals surface area contributed by atoms with Crippen molar-refractivity contribution in [2.75, 3.05) is 6.54 Å². The van der Waals surface area contributed by atoms with Gasteiger partial charge in [0.25, 0.3) is 5.91 Å². The number of hydrogen-bond acceptors (Lipinski definition) is 5. The third-order valence-corrected chi connectivity index (χ3v) is 5.45. The van der Waals surface area contributed by atoms with Gasteiger partial charge in [0.15, 0.2) is 5.82 Å². The van der Waals surface area contributed by atoms with Gasteiger partial charge in [0.2, 0.25) is 0 Å². The molecule has 1 amide bonds. The summed E-state index contributed by atoms with van der Waals surface area (Å²) in [4.78, 5) is 21.2. The molecule has 0 saturated carbocycles. The van der Waals surface area contributed by atoms with Crippen molar-refractivity contribution in [1.29, 1.82) is 0 Å². The van der Waals surface area contributed by atoms with Crippen LogP contribution in [-0.2, 0) is 13.2 Å². The molecule has 2 aromatic heterocycles. The standard InChI is InChI=1S/C23H18BrN5O2/c24-16-6-7-21(31-14-15-4-2-1-3-5-15)17(12-16)22-25-9-8-18(27-22)19-13-20-23(30)26-10-11-29(20)28-19/h1-9,12-13H,10-11,14H2,(H,26,30). The minimum Gasteiger partial charge on any atom is -0.488 e. The van der Waals surface area contributed by atoms with Crippen molar-refractivity contribution in [3.05, 3.63) is 82.6 Å². The van der Waals surface area contributed by atoms with E-state index in [0.717, 1.165) is 15.6 Å². The zero-order valence-corrected chi connectivity index (χ0v) is 18.0. The van der Waals surface area contributed by atoms with E-state index in [1.165, 1.54) is 0 Å². The molecular formula is C23H18BrN5O2. The van der Waals surface area contributed by atoms with E-state index >= 15 is 0 Å². The lowest BCUT2D eigenvalue weighted by Crippen LogP contribution is -2.35. The molecule has 2 aromatic carbocycles. The van der Waals surface area contributed by atoms with Crippen LogP contribution in [-0.4, -0.2) is 32.2 Å². The van der Waals surface area contributed by atoms with Gasteiger partial charge in [0.1, 0.15) is 23.7 Å². The first-order valence-corrected chi connectivity index (χ1v) is 10.6. The summed E-state index contributed by atoms with van der Waals surface area (Å²) in [6, 6.07) is 19.3. The molecule has 1 aliphatic rings. The van der Waals surface area contributed by atoms with Gasteiger partial charge in [0, 0.05) is 17.2 Å². The number of hydrogen-bond donors (Lipinski definition) is 1. The van der Waals surface area contributed by atoms with Crippen LogP contribution in [0.4, 0.5) is 0 Å². The first kappa shape index (κ1) is 19.4. The molecule has 5 rings (SSSR count). The molecule has 0 bridgehead atoms. The van der Waals surface area contributed by atoms with Crippen LogP contribution in [0.2, 0.25) is 0 Å². The molecule has 7 nitrogen and oxygen atoms in total. The van der Waals surface area contributed by atoms with Gasteiger partial charge >= 0.3 is 0 Å². The second kappa shape index (κ2) is 8.31. The maximum atomic E-state index is 12.1. The van der Waals surface area contributed by atoms with Crippen molar-refractivity contribution < 1.29 is 9.53 Å². The third-order valence-electron chi connectivity index (χ3n) is 4.96. The number of halogens is 1. The number of amides is 1. The van der Waals surface area contributed by atoms with Crippen LogP contribution < -0.4 is 10.1 Å². The topological polar surface area (TPSA) is 81.9 Å².